The number of carbonyl (C=O) groups is 3. The third-order valence-electron chi connectivity index (χ3n) is 4.32. The van der Waals surface area contributed by atoms with Gasteiger partial charge < -0.3 is 24.8 Å². The Labute approximate surface area is 168 Å². The van der Waals surface area contributed by atoms with E-state index in [1.807, 2.05) is 13.8 Å². The zero-order chi connectivity index (χ0) is 20.8. The lowest BCUT2D eigenvalue weighted by atomic mass is 9.97. The molecule has 0 aromatic heterocycles. The van der Waals surface area contributed by atoms with E-state index in [0.717, 1.165) is 0 Å². The average molecular weight is 413 g/mol. The second-order valence-corrected chi connectivity index (χ2v) is 7.22. The highest BCUT2D eigenvalue weighted by Crippen LogP contribution is 2.37. The zero-order valence-corrected chi connectivity index (χ0v) is 17.0. The summed E-state index contributed by atoms with van der Waals surface area (Å²) in [4.78, 5) is 37.4. The molecule has 0 spiro atoms. The number of nitrogens with zero attached hydrogens (tertiary/aromatic N) is 1. The largest absolute Gasteiger partial charge is 0.493 e. The van der Waals surface area contributed by atoms with Gasteiger partial charge in [-0.05, 0) is 38.8 Å². The van der Waals surface area contributed by atoms with Crippen LogP contribution >= 0.6 is 11.6 Å². The highest BCUT2D eigenvalue weighted by Gasteiger charge is 2.27. The summed E-state index contributed by atoms with van der Waals surface area (Å²) in [5, 5.41) is 0.201. The van der Waals surface area contributed by atoms with Crippen LogP contribution in [0, 0.1) is 5.92 Å². The second kappa shape index (κ2) is 9.64. The van der Waals surface area contributed by atoms with Crippen LogP contribution in [-0.2, 0) is 14.3 Å². The number of ether oxygens (including phenoxy) is 3. The number of carbonyl (C=O) groups excluding carboxylic acids is 3. The molecule has 1 fully saturated rings. The Kier molecular flexibility index (Phi) is 7.51. The van der Waals surface area contributed by atoms with Gasteiger partial charge in [-0.15, -0.1) is 0 Å². The molecule has 8 nitrogen and oxygen atoms in total. The molecule has 1 aliphatic rings. The van der Waals surface area contributed by atoms with Crippen LogP contribution in [0.25, 0.3) is 0 Å². The quantitative estimate of drug-likeness (QED) is 0.686. The number of likely N-dealkylation sites (tertiary alicyclic amines) is 1. The monoisotopic (exact) mass is 412 g/mol. The number of benzene rings is 1. The number of primary amides is 1. The summed E-state index contributed by atoms with van der Waals surface area (Å²) in [5.41, 5.74) is 5.45. The lowest BCUT2D eigenvalue weighted by Gasteiger charge is -2.31. The molecule has 2 amide bonds. The van der Waals surface area contributed by atoms with Crippen molar-refractivity contribution in [3.63, 3.8) is 0 Å². The van der Waals surface area contributed by atoms with Gasteiger partial charge in [-0.2, -0.15) is 0 Å². The SMILES string of the molecule is COc1cc(C(=O)OCC(=O)N2CCC[C@@H](C(N)=O)C2)cc(Cl)c1OC(C)C. The highest BCUT2D eigenvalue weighted by molar-refractivity contribution is 6.32. The minimum Gasteiger partial charge on any atom is -0.493 e. The van der Waals surface area contributed by atoms with E-state index in [0.29, 0.717) is 30.9 Å². The van der Waals surface area contributed by atoms with Gasteiger partial charge in [-0.1, -0.05) is 11.6 Å². The van der Waals surface area contributed by atoms with E-state index in [2.05, 4.69) is 0 Å². The maximum Gasteiger partial charge on any atom is 0.338 e. The summed E-state index contributed by atoms with van der Waals surface area (Å²) >= 11 is 6.20. The van der Waals surface area contributed by atoms with E-state index in [4.69, 9.17) is 31.5 Å². The fourth-order valence-corrected chi connectivity index (χ4v) is 3.18. The maximum absolute atomic E-state index is 12.3. The Hall–Kier alpha value is -2.48. The molecule has 1 atom stereocenters. The van der Waals surface area contributed by atoms with Gasteiger partial charge in [0.2, 0.25) is 5.91 Å². The van der Waals surface area contributed by atoms with Gasteiger partial charge in [-0.3, -0.25) is 9.59 Å². The van der Waals surface area contributed by atoms with E-state index < -0.39 is 18.5 Å². The number of methoxy groups -OCH3 is 1. The minimum absolute atomic E-state index is 0.129. The molecule has 154 valence electrons. The predicted molar refractivity (Wildman–Crippen MR) is 103 cm³/mol. The Morgan fingerprint density at radius 1 is 1.32 bits per heavy atom. The Bertz CT molecular complexity index is 752. The molecule has 0 radical (unpaired) electrons. The van der Waals surface area contributed by atoms with Crippen molar-refractivity contribution >= 4 is 29.4 Å². The first-order valence-corrected chi connectivity index (χ1v) is 9.39. The highest BCUT2D eigenvalue weighted by atomic mass is 35.5. The molecule has 28 heavy (non-hydrogen) atoms. The lowest BCUT2D eigenvalue weighted by Crippen LogP contribution is -2.45. The number of nitrogens with two attached hydrogens (primary N) is 1. The normalized spacial score (nSPS) is 16.6. The number of hydrogen-bond donors (Lipinski definition) is 1. The van der Waals surface area contributed by atoms with Crippen molar-refractivity contribution in [3.8, 4) is 11.5 Å². The molecule has 1 saturated heterocycles. The maximum atomic E-state index is 12.3. The van der Waals surface area contributed by atoms with Gasteiger partial charge in [0.05, 0.1) is 29.7 Å². The van der Waals surface area contributed by atoms with Crippen LogP contribution in [0.1, 0.15) is 37.0 Å². The molecule has 1 heterocycles. The van der Waals surface area contributed by atoms with Crippen LogP contribution in [0.2, 0.25) is 5.02 Å². The van der Waals surface area contributed by atoms with Crippen LogP contribution in [-0.4, -0.2) is 55.6 Å². The van der Waals surface area contributed by atoms with Crippen molar-refractivity contribution in [2.45, 2.75) is 32.8 Å². The van der Waals surface area contributed by atoms with Gasteiger partial charge in [0, 0.05) is 13.1 Å². The van der Waals surface area contributed by atoms with Gasteiger partial charge in [0.15, 0.2) is 18.1 Å². The molecule has 0 bridgehead atoms. The van der Waals surface area contributed by atoms with E-state index in [1.165, 1.54) is 24.1 Å². The van der Waals surface area contributed by atoms with Gasteiger partial charge in [0.25, 0.3) is 5.91 Å². The smallest absolute Gasteiger partial charge is 0.338 e. The second-order valence-electron chi connectivity index (χ2n) is 6.81. The summed E-state index contributed by atoms with van der Waals surface area (Å²) in [6, 6.07) is 2.85. The standard InChI is InChI=1S/C19H25ClN2O6/c1-11(2)28-17-14(20)7-13(8-15(17)26-3)19(25)27-10-16(23)22-6-4-5-12(9-22)18(21)24/h7-8,11-12H,4-6,9-10H2,1-3H3,(H2,21,24)/t12-/m1/s1. The summed E-state index contributed by atoms with van der Waals surface area (Å²) in [5.74, 6) is -1.27. The van der Waals surface area contributed by atoms with Crippen molar-refractivity contribution in [2.75, 3.05) is 26.8 Å². The summed E-state index contributed by atoms with van der Waals surface area (Å²) < 4.78 is 16.0. The Morgan fingerprint density at radius 3 is 2.64 bits per heavy atom. The van der Waals surface area contributed by atoms with E-state index in [-0.39, 0.29) is 35.1 Å². The molecule has 1 aromatic carbocycles. The van der Waals surface area contributed by atoms with Crippen molar-refractivity contribution in [2.24, 2.45) is 11.7 Å². The number of halogens is 1. The predicted octanol–water partition coefficient (Wildman–Crippen LogP) is 2.02. The number of piperidine rings is 1. The minimum atomic E-state index is -0.715. The van der Waals surface area contributed by atoms with Crippen molar-refractivity contribution in [1.29, 1.82) is 0 Å². The molecule has 1 aromatic rings. The molecule has 2 rings (SSSR count). The number of esters is 1. The molecule has 2 N–H and O–H groups in total. The molecule has 0 aliphatic carbocycles. The van der Waals surface area contributed by atoms with E-state index in [9.17, 15) is 14.4 Å². The van der Waals surface area contributed by atoms with Gasteiger partial charge in [-0.25, -0.2) is 4.79 Å². The lowest BCUT2D eigenvalue weighted by molar-refractivity contribution is -0.137. The van der Waals surface area contributed by atoms with Crippen LogP contribution in [0.15, 0.2) is 12.1 Å². The van der Waals surface area contributed by atoms with Crippen LogP contribution in [0.5, 0.6) is 11.5 Å². The molecule has 9 heteroatoms. The molecule has 1 aliphatic heterocycles. The third-order valence-corrected chi connectivity index (χ3v) is 4.60. The van der Waals surface area contributed by atoms with Crippen LogP contribution in [0.3, 0.4) is 0 Å². The molecular weight excluding hydrogens is 388 g/mol. The summed E-state index contributed by atoms with van der Waals surface area (Å²) in [7, 11) is 1.43. The average Bonchev–Trinajstić information content (AvgIpc) is 2.66. The number of amides is 2. The Balaban J connectivity index is 2.01. The molecular formula is C19H25ClN2O6. The third kappa shape index (κ3) is 5.51. The first-order valence-electron chi connectivity index (χ1n) is 9.01. The zero-order valence-electron chi connectivity index (χ0n) is 16.2. The summed E-state index contributed by atoms with van der Waals surface area (Å²) in [6.07, 6.45) is 1.20. The van der Waals surface area contributed by atoms with Crippen LogP contribution in [0.4, 0.5) is 0 Å². The van der Waals surface area contributed by atoms with Crippen LogP contribution < -0.4 is 15.2 Å². The van der Waals surface area contributed by atoms with Crippen molar-refractivity contribution in [3.05, 3.63) is 22.7 Å². The first-order chi connectivity index (χ1) is 13.2. The number of rotatable bonds is 7. The van der Waals surface area contributed by atoms with E-state index >= 15 is 0 Å². The first kappa shape index (κ1) is 21.8. The van der Waals surface area contributed by atoms with E-state index in [1.54, 1.807) is 0 Å². The van der Waals surface area contributed by atoms with Gasteiger partial charge >= 0.3 is 5.97 Å². The van der Waals surface area contributed by atoms with Gasteiger partial charge in [0.1, 0.15) is 0 Å². The summed E-state index contributed by atoms with van der Waals surface area (Å²) in [6.45, 7) is 3.99. The Morgan fingerprint density at radius 2 is 2.04 bits per heavy atom. The fraction of sp³-hybridized carbons (Fsp3) is 0.526. The molecule has 0 unspecified atom stereocenters. The molecule has 0 saturated carbocycles. The van der Waals surface area contributed by atoms with Crippen molar-refractivity contribution in [1.82, 2.24) is 4.90 Å². The fourth-order valence-electron chi connectivity index (χ4n) is 2.93. The topological polar surface area (TPSA) is 108 Å². The van der Waals surface area contributed by atoms with Crippen molar-refractivity contribution < 1.29 is 28.6 Å². The number of hydrogen-bond acceptors (Lipinski definition) is 6.